The highest BCUT2D eigenvalue weighted by Gasteiger charge is 2.19. The smallest absolute Gasteiger partial charge is 0.201 e. The Balaban J connectivity index is 0.00000115. The van der Waals surface area contributed by atoms with Crippen LogP contribution in [0.3, 0.4) is 0 Å². The van der Waals surface area contributed by atoms with Crippen LogP contribution in [0.4, 0.5) is 0 Å². The molecule has 4 heterocycles. The second kappa shape index (κ2) is 14.7. The number of hydrazone groups is 1. The summed E-state index contributed by atoms with van der Waals surface area (Å²) in [5, 5.41) is 17.0. The van der Waals surface area contributed by atoms with Crippen LogP contribution in [0.2, 0.25) is 0 Å². The average molecular weight is 505 g/mol. The summed E-state index contributed by atoms with van der Waals surface area (Å²) in [4.78, 5) is 13.7. The molecule has 1 aliphatic heterocycles. The van der Waals surface area contributed by atoms with Gasteiger partial charge in [0.1, 0.15) is 29.2 Å². The highest BCUT2D eigenvalue weighted by atomic mass is 16.5. The molecule has 198 valence electrons. The number of fused-ring (bicyclic) bond motifs is 1. The van der Waals surface area contributed by atoms with Gasteiger partial charge in [0, 0.05) is 17.8 Å². The maximum atomic E-state index is 9.58. The molecule has 0 aromatic carbocycles. The van der Waals surface area contributed by atoms with Crippen molar-refractivity contribution in [3.8, 4) is 11.9 Å². The summed E-state index contributed by atoms with van der Waals surface area (Å²) in [6, 6.07) is 10.0. The number of pyridine rings is 2. The molecule has 9 heteroatoms. The van der Waals surface area contributed by atoms with Gasteiger partial charge in [0.2, 0.25) is 5.88 Å². The maximum Gasteiger partial charge on any atom is 0.201 e. The molecule has 0 bridgehead atoms. The molecule has 1 saturated heterocycles. The standard InChI is InChI=1S/C24H28N8O.2C2H6/c1-15-4-5-21(28-13-15)17(3)33-23-11-18(10-22-29-14-20(12-25)32(22)23)24(31-26)16(2)30-19-6-8-27-9-7-19;2*1-2/h4-5,10-11,13-14,17,19,27H,6-9,26H2,1-3H3;2*1-2H3/b30-16?,31-24+;;. The summed E-state index contributed by atoms with van der Waals surface area (Å²) >= 11 is 0. The normalized spacial score (nSPS) is 15.1. The molecule has 0 saturated carbocycles. The molecule has 0 radical (unpaired) electrons. The van der Waals surface area contributed by atoms with Crippen molar-refractivity contribution in [2.45, 2.75) is 73.5 Å². The number of aryl methyl sites for hydroxylation is 1. The number of nitrogens with one attached hydrogen (secondary N) is 1. The van der Waals surface area contributed by atoms with Gasteiger partial charge in [0.05, 0.1) is 23.6 Å². The van der Waals surface area contributed by atoms with Crippen LogP contribution in [0.25, 0.3) is 5.65 Å². The first-order valence-corrected chi connectivity index (χ1v) is 13.0. The van der Waals surface area contributed by atoms with E-state index >= 15 is 0 Å². The topological polar surface area (TPSA) is 126 Å². The molecule has 3 N–H and O–H groups in total. The Labute approximate surface area is 220 Å². The van der Waals surface area contributed by atoms with Gasteiger partial charge < -0.3 is 15.9 Å². The zero-order valence-electron chi connectivity index (χ0n) is 23.1. The van der Waals surface area contributed by atoms with Crippen molar-refractivity contribution in [2.75, 3.05) is 13.1 Å². The zero-order valence-corrected chi connectivity index (χ0v) is 23.1. The third kappa shape index (κ3) is 7.37. The fourth-order valence-electron chi connectivity index (χ4n) is 3.99. The van der Waals surface area contributed by atoms with Gasteiger partial charge >= 0.3 is 0 Å². The fourth-order valence-corrected chi connectivity index (χ4v) is 3.99. The van der Waals surface area contributed by atoms with Crippen LogP contribution < -0.4 is 15.9 Å². The number of imidazole rings is 1. The van der Waals surface area contributed by atoms with E-state index < -0.39 is 0 Å². The van der Waals surface area contributed by atoms with Crippen LogP contribution in [0.5, 0.6) is 5.88 Å². The van der Waals surface area contributed by atoms with Gasteiger partial charge in [-0.25, -0.2) is 4.98 Å². The number of nitriles is 1. The summed E-state index contributed by atoms with van der Waals surface area (Å²) in [7, 11) is 0. The van der Waals surface area contributed by atoms with Crippen molar-refractivity contribution in [1.29, 1.82) is 5.26 Å². The van der Waals surface area contributed by atoms with Gasteiger partial charge in [0.15, 0.2) is 0 Å². The zero-order chi connectivity index (χ0) is 27.4. The van der Waals surface area contributed by atoms with Crippen LogP contribution >= 0.6 is 0 Å². The minimum absolute atomic E-state index is 0.242. The van der Waals surface area contributed by atoms with Gasteiger partial charge in [-0.05, 0) is 64.4 Å². The first kappa shape index (κ1) is 29.5. The van der Waals surface area contributed by atoms with Crippen LogP contribution in [0, 0.1) is 18.3 Å². The Morgan fingerprint density at radius 2 is 1.86 bits per heavy atom. The van der Waals surface area contributed by atoms with E-state index in [-0.39, 0.29) is 12.1 Å². The van der Waals surface area contributed by atoms with E-state index in [1.165, 1.54) is 6.20 Å². The van der Waals surface area contributed by atoms with Gasteiger partial charge in [-0.15, -0.1) is 0 Å². The summed E-state index contributed by atoms with van der Waals surface area (Å²) in [5.41, 5.74) is 4.87. The number of aliphatic imine (C=N–C) groups is 1. The van der Waals surface area contributed by atoms with Crippen molar-refractivity contribution < 1.29 is 4.74 Å². The Morgan fingerprint density at radius 1 is 1.16 bits per heavy atom. The molecule has 0 amide bonds. The largest absolute Gasteiger partial charge is 0.469 e. The number of aromatic nitrogens is 3. The van der Waals surface area contributed by atoms with E-state index in [0.29, 0.717) is 22.9 Å². The lowest BCUT2D eigenvalue weighted by molar-refractivity contribution is 0.210. The number of nitrogens with two attached hydrogens (primary N) is 1. The van der Waals surface area contributed by atoms with Gasteiger partial charge in [0.25, 0.3) is 0 Å². The Kier molecular flexibility index (Phi) is 11.7. The Hall–Kier alpha value is -3.77. The first-order chi connectivity index (χ1) is 18.0. The SMILES string of the molecule is CC.CC.CC(=NC1CCNCC1)/C(=N\N)c1cc(OC(C)c2ccc(C)cn2)n2c(C#N)cnc2c1. The lowest BCUT2D eigenvalue weighted by atomic mass is 10.0. The van der Waals surface area contributed by atoms with E-state index in [1.807, 2.05) is 72.7 Å². The molecule has 1 atom stereocenters. The second-order valence-electron chi connectivity index (χ2n) is 8.22. The van der Waals surface area contributed by atoms with Crippen molar-refractivity contribution in [1.82, 2.24) is 19.7 Å². The molecule has 3 aromatic heterocycles. The van der Waals surface area contributed by atoms with E-state index in [2.05, 4.69) is 26.5 Å². The lowest BCUT2D eigenvalue weighted by Crippen LogP contribution is -2.31. The van der Waals surface area contributed by atoms with Crippen LogP contribution in [-0.2, 0) is 0 Å². The van der Waals surface area contributed by atoms with Gasteiger partial charge in [-0.2, -0.15) is 10.4 Å². The molecule has 1 unspecified atom stereocenters. The summed E-state index contributed by atoms with van der Waals surface area (Å²) in [5.74, 6) is 6.27. The maximum absolute atomic E-state index is 9.58. The second-order valence-corrected chi connectivity index (χ2v) is 8.22. The minimum Gasteiger partial charge on any atom is -0.469 e. The number of nitrogens with zero attached hydrogens (tertiary/aromatic N) is 6. The molecule has 37 heavy (non-hydrogen) atoms. The van der Waals surface area contributed by atoms with Crippen molar-refractivity contribution >= 4 is 17.1 Å². The molecular formula is C28H40N8O. The molecule has 0 aliphatic carbocycles. The summed E-state index contributed by atoms with van der Waals surface area (Å²) in [6.07, 6.45) is 4.94. The number of piperidine rings is 1. The fraction of sp³-hybridized carbons (Fsp3) is 0.464. The number of ether oxygens (including phenoxy) is 1. The number of hydrogen-bond donors (Lipinski definition) is 2. The van der Waals surface area contributed by atoms with Crippen molar-refractivity contribution in [3.05, 3.63) is 59.2 Å². The predicted octanol–water partition coefficient (Wildman–Crippen LogP) is 4.98. The summed E-state index contributed by atoms with van der Waals surface area (Å²) in [6.45, 7) is 15.7. The van der Waals surface area contributed by atoms with Crippen LogP contribution in [0.15, 0.2) is 46.8 Å². The third-order valence-corrected chi connectivity index (χ3v) is 5.77. The number of rotatable bonds is 6. The van der Waals surface area contributed by atoms with E-state index in [1.54, 1.807) is 10.6 Å². The average Bonchev–Trinajstić information content (AvgIpc) is 3.36. The van der Waals surface area contributed by atoms with Crippen molar-refractivity contribution in [3.63, 3.8) is 0 Å². The predicted molar refractivity (Wildman–Crippen MR) is 150 cm³/mol. The Bertz CT molecular complexity index is 1230. The van der Waals surface area contributed by atoms with Crippen LogP contribution in [0.1, 0.15) is 83.0 Å². The molecule has 1 aliphatic rings. The quantitative estimate of drug-likeness (QED) is 0.277. The first-order valence-electron chi connectivity index (χ1n) is 13.0. The monoisotopic (exact) mass is 504 g/mol. The molecule has 4 rings (SSSR count). The minimum atomic E-state index is -0.347. The van der Waals surface area contributed by atoms with E-state index in [4.69, 9.17) is 15.6 Å². The van der Waals surface area contributed by atoms with E-state index in [0.717, 1.165) is 48.5 Å². The molecule has 0 spiro atoms. The van der Waals surface area contributed by atoms with Gasteiger partial charge in [-0.1, -0.05) is 33.8 Å². The molecular weight excluding hydrogens is 464 g/mol. The molecule has 3 aromatic rings. The summed E-state index contributed by atoms with van der Waals surface area (Å²) < 4.78 is 7.97. The van der Waals surface area contributed by atoms with Crippen molar-refractivity contribution in [2.24, 2.45) is 15.9 Å². The van der Waals surface area contributed by atoms with Gasteiger partial charge in [-0.3, -0.25) is 14.4 Å². The highest BCUT2D eigenvalue weighted by Crippen LogP contribution is 2.26. The third-order valence-electron chi connectivity index (χ3n) is 5.77. The van der Waals surface area contributed by atoms with Crippen LogP contribution in [-0.4, -0.2) is 44.9 Å². The number of hydrogen-bond acceptors (Lipinski definition) is 8. The molecule has 9 nitrogen and oxygen atoms in total. The lowest BCUT2D eigenvalue weighted by Gasteiger charge is -2.20. The molecule has 1 fully saturated rings. The highest BCUT2D eigenvalue weighted by molar-refractivity contribution is 6.47. The Morgan fingerprint density at radius 3 is 2.46 bits per heavy atom. The van der Waals surface area contributed by atoms with E-state index in [9.17, 15) is 5.26 Å².